The molecule has 2 aromatic rings. The second-order valence-corrected chi connectivity index (χ2v) is 8.93. The summed E-state index contributed by atoms with van der Waals surface area (Å²) in [5.74, 6) is -0.338. The van der Waals surface area contributed by atoms with E-state index in [0.717, 1.165) is 5.56 Å². The van der Waals surface area contributed by atoms with Crippen LogP contribution in [-0.4, -0.2) is 56.4 Å². The number of carbonyl (C=O) groups excluding carboxylic acids is 1. The van der Waals surface area contributed by atoms with E-state index in [2.05, 4.69) is 10.6 Å². The lowest BCUT2D eigenvalue weighted by Gasteiger charge is -2.26. The van der Waals surface area contributed by atoms with Gasteiger partial charge in [-0.15, -0.1) is 0 Å². The number of benzene rings is 2. The third-order valence-electron chi connectivity index (χ3n) is 4.86. The number of rotatable bonds is 8. The lowest BCUT2D eigenvalue weighted by molar-refractivity contribution is -0.384. The van der Waals surface area contributed by atoms with E-state index >= 15 is 0 Å². The molecule has 166 valence electrons. The van der Waals surface area contributed by atoms with Crippen LogP contribution in [0.1, 0.15) is 12.0 Å². The first-order valence-electron chi connectivity index (χ1n) is 9.75. The largest absolute Gasteiger partial charge is 0.379 e. The number of carbonyl (C=O) groups is 1. The van der Waals surface area contributed by atoms with Crippen molar-refractivity contribution in [1.29, 1.82) is 0 Å². The van der Waals surface area contributed by atoms with Gasteiger partial charge in [-0.25, -0.2) is 8.42 Å². The molecule has 0 bridgehead atoms. The van der Waals surface area contributed by atoms with Gasteiger partial charge in [0.25, 0.3) is 5.69 Å². The average molecular weight is 449 g/mol. The Balaban J connectivity index is 1.64. The van der Waals surface area contributed by atoms with Crippen LogP contribution in [0.3, 0.4) is 0 Å². The smallest absolute Gasteiger partial charge is 0.292 e. The molecule has 0 radical (unpaired) electrons. The van der Waals surface area contributed by atoms with Crippen LogP contribution >= 0.6 is 0 Å². The summed E-state index contributed by atoms with van der Waals surface area (Å²) >= 11 is 0. The highest BCUT2D eigenvalue weighted by Crippen LogP contribution is 2.25. The molecular weight excluding hydrogens is 424 g/mol. The van der Waals surface area contributed by atoms with Crippen LogP contribution in [-0.2, 0) is 19.6 Å². The predicted molar refractivity (Wildman–Crippen MR) is 116 cm³/mol. The molecule has 1 amide bonds. The number of ether oxygens (including phenoxy) is 1. The molecule has 3 rings (SSSR count). The summed E-state index contributed by atoms with van der Waals surface area (Å²) in [5.41, 5.74) is 1.39. The summed E-state index contributed by atoms with van der Waals surface area (Å²) in [4.78, 5) is 23.0. The van der Waals surface area contributed by atoms with Crippen LogP contribution in [0.15, 0.2) is 47.4 Å². The zero-order valence-corrected chi connectivity index (χ0v) is 17.9. The standard InChI is InChI=1S/C20H24N4O6S/c1-15-6-7-16(31(28,29)23-10-12-30-13-11-23)14-18(15)22-20(25)8-9-21-17-4-2-3-5-19(17)24(26)27/h2-7,14,21H,8-13H2,1H3,(H,22,25). The molecule has 0 aliphatic carbocycles. The number of amides is 1. The normalized spacial score (nSPS) is 14.7. The summed E-state index contributed by atoms with van der Waals surface area (Å²) in [6.07, 6.45) is 0.0475. The molecule has 11 heteroatoms. The van der Waals surface area contributed by atoms with Crippen LogP contribution in [0.4, 0.5) is 17.1 Å². The number of nitrogens with zero attached hydrogens (tertiary/aromatic N) is 2. The fourth-order valence-corrected chi connectivity index (χ4v) is 4.57. The quantitative estimate of drug-likeness (QED) is 0.468. The van der Waals surface area contributed by atoms with Crippen molar-refractivity contribution in [3.05, 3.63) is 58.1 Å². The van der Waals surface area contributed by atoms with Crippen molar-refractivity contribution in [3.63, 3.8) is 0 Å². The molecule has 0 spiro atoms. The molecule has 1 aliphatic rings. The highest BCUT2D eigenvalue weighted by Gasteiger charge is 2.26. The lowest BCUT2D eigenvalue weighted by atomic mass is 10.2. The summed E-state index contributed by atoms with van der Waals surface area (Å²) in [6.45, 7) is 3.22. The number of nitro groups is 1. The predicted octanol–water partition coefficient (Wildman–Crippen LogP) is 2.36. The average Bonchev–Trinajstić information content (AvgIpc) is 2.76. The molecule has 1 saturated heterocycles. The molecule has 2 N–H and O–H groups in total. The Morgan fingerprint density at radius 1 is 1.16 bits per heavy atom. The highest BCUT2D eigenvalue weighted by atomic mass is 32.2. The number of nitro benzene ring substituents is 1. The Labute approximate surface area is 180 Å². The van der Waals surface area contributed by atoms with Gasteiger partial charge < -0.3 is 15.4 Å². The number of aryl methyl sites for hydroxylation is 1. The van der Waals surface area contributed by atoms with Crippen molar-refractivity contribution in [2.45, 2.75) is 18.2 Å². The molecule has 1 fully saturated rings. The van der Waals surface area contributed by atoms with Crippen LogP contribution in [0.5, 0.6) is 0 Å². The maximum absolute atomic E-state index is 12.8. The Morgan fingerprint density at radius 3 is 2.58 bits per heavy atom. The van der Waals surface area contributed by atoms with E-state index in [9.17, 15) is 23.3 Å². The van der Waals surface area contributed by atoms with Gasteiger partial charge >= 0.3 is 0 Å². The first-order chi connectivity index (χ1) is 14.8. The van der Waals surface area contributed by atoms with Crippen LogP contribution < -0.4 is 10.6 Å². The molecule has 1 heterocycles. The maximum atomic E-state index is 12.8. The Kier molecular flexibility index (Phi) is 7.21. The second-order valence-electron chi connectivity index (χ2n) is 6.99. The van der Waals surface area contributed by atoms with E-state index in [1.54, 1.807) is 31.2 Å². The topological polar surface area (TPSA) is 131 Å². The van der Waals surface area contributed by atoms with Gasteiger partial charge in [0.2, 0.25) is 15.9 Å². The maximum Gasteiger partial charge on any atom is 0.292 e. The molecule has 0 saturated carbocycles. The Morgan fingerprint density at radius 2 is 1.87 bits per heavy atom. The first-order valence-corrected chi connectivity index (χ1v) is 11.2. The van der Waals surface area contributed by atoms with Crippen LogP contribution in [0.25, 0.3) is 0 Å². The monoisotopic (exact) mass is 448 g/mol. The fourth-order valence-electron chi connectivity index (χ4n) is 3.14. The van der Waals surface area contributed by atoms with Gasteiger partial charge in [0, 0.05) is 37.8 Å². The Bertz CT molecular complexity index is 1070. The summed E-state index contributed by atoms with van der Waals surface area (Å²) < 4.78 is 32.3. The minimum Gasteiger partial charge on any atom is -0.379 e. The van der Waals surface area contributed by atoms with Crippen molar-refractivity contribution >= 4 is 33.0 Å². The van der Waals surface area contributed by atoms with E-state index < -0.39 is 14.9 Å². The van der Waals surface area contributed by atoms with Crippen molar-refractivity contribution in [2.24, 2.45) is 0 Å². The van der Waals surface area contributed by atoms with E-state index in [1.165, 1.54) is 22.5 Å². The van der Waals surface area contributed by atoms with E-state index in [1.807, 2.05) is 0 Å². The lowest BCUT2D eigenvalue weighted by Crippen LogP contribution is -2.40. The number of hydrogen-bond acceptors (Lipinski definition) is 7. The van der Waals surface area contributed by atoms with E-state index in [-0.39, 0.29) is 42.5 Å². The number of morpholine rings is 1. The van der Waals surface area contributed by atoms with Crippen molar-refractivity contribution < 1.29 is 22.9 Å². The zero-order valence-electron chi connectivity index (χ0n) is 17.0. The molecule has 31 heavy (non-hydrogen) atoms. The third kappa shape index (κ3) is 5.57. The summed E-state index contributed by atoms with van der Waals surface area (Å²) in [7, 11) is -3.68. The minimum atomic E-state index is -3.68. The van der Waals surface area contributed by atoms with E-state index in [0.29, 0.717) is 24.6 Å². The minimum absolute atomic E-state index is 0.0475. The third-order valence-corrected chi connectivity index (χ3v) is 6.75. The van der Waals surface area contributed by atoms with Crippen molar-refractivity contribution in [3.8, 4) is 0 Å². The van der Waals surface area contributed by atoms with Gasteiger partial charge in [0.15, 0.2) is 0 Å². The summed E-state index contributed by atoms with van der Waals surface area (Å²) in [5, 5.41) is 16.7. The second kappa shape index (κ2) is 9.86. The number of para-hydroxylation sites is 2. The SMILES string of the molecule is Cc1ccc(S(=O)(=O)N2CCOCC2)cc1NC(=O)CCNc1ccccc1[N+](=O)[O-]. The highest BCUT2D eigenvalue weighted by molar-refractivity contribution is 7.89. The summed E-state index contributed by atoms with van der Waals surface area (Å²) in [6, 6.07) is 10.8. The molecular formula is C20H24N4O6S. The van der Waals surface area contributed by atoms with Gasteiger partial charge in [0.05, 0.1) is 23.0 Å². The first kappa shape index (κ1) is 22.7. The van der Waals surface area contributed by atoms with Crippen LogP contribution in [0.2, 0.25) is 0 Å². The van der Waals surface area contributed by atoms with Gasteiger partial charge in [-0.05, 0) is 30.7 Å². The van der Waals surface area contributed by atoms with Crippen molar-refractivity contribution in [1.82, 2.24) is 4.31 Å². The number of nitrogens with one attached hydrogen (secondary N) is 2. The molecule has 10 nitrogen and oxygen atoms in total. The molecule has 1 aliphatic heterocycles. The van der Waals surface area contributed by atoms with Gasteiger partial charge in [-0.2, -0.15) is 4.31 Å². The van der Waals surface area contributed by atoms with Crippen molar-refractivity contribution in [2.75, 3.05) is 43.5 Å². The molecule has 0 aromatic heterocycles. The molecule has 2 aromatic carbocycles. The number of sulfonamides is 1. The van der Waals surface area contributed by atoms with Gasteiger partial charge in [-0.1, -0.05) is 18.2 Å². The molecule has 0 atom stereocenters. The Hall–Kier alpha value is -3.02. The zero-order chi connectivity index (χ0) is 22.4. The van der Waals surface area contributed by atoms with Crippen LogP contribution in [0, 0.1) is 17.0 Å². The fraction of sp³-hybridized carbons (Fsp3) is 0.350. The molecule has 0 unspecified atom stereocenters. The number of anilines is 2. The van der Waals surface area contributed by atoms with E-state index in [4.69, 9.17) is 4.74 Å². The number of hydrogen-bond donors (Lipinski definition) is 2. The van der Waals surface area contributed by atoms with Gasteiger partial charge in [-0.3, -0.25) is 14.9 Å². The van der Waals surface area contributed by atoms with Gasteiger partial charge in [0.1, 0.15) is 5.69 Å².